The van der Waals surface area contributed by atoms with Gasteiger partial charge in [0.2, 0.25) is 0 Å². The summed E-state index contributed by atoms with van der Waals surface area (Å²) in [5.74, 6) is 0.510. The van der Waals surface area contributed by atoms with Gasteiger partial charge in [0.1, 0.15) is 11.6 Å². The maximum absolute atomic E-state index is 13.7. The van der Waals surface area contributed by atoms with E-state index < -0.39 is 0 Å². The Hall–Kier alpha value is -2.36. The first-order valence-corrected chi connectivity index (χ1v) is 5.97. The average Bonchev–Trinajstić information content (AvgIpc) is 2.84. The minimum absolute atomic E-state index is 0.231. The van der Waals surface area contributed by atoms with Gasteiger partial charge in [-0.15, -0.1) is 0 Å². The SMILES string of the molecule is COc1cnc(-c2cc3c(F)cccc3[nH]2)cc1C. The van der Waals surface area contributed by atoms with E-state index in [0.717, 1.165) is 28.2 Å². The number of halogens is 1. The summed E-state index contributed by atoms with van der Waals surface area (Å²) in [6.07, 6.45) is 1.67. The zero-order valence-electron chi connectivity index (χ0n) is 10.7. The van der Waals surface area contributed by atoms with Crippen LogP contribution in [0.25, 0.3) is 22.3 Å². The minimum atomic E-state index is -0.231. The molecule has 0 unspecified atom stereocenters. The lowest BCUT2D eigenvalue weighted by atomic mass is 10.2. The highest BCUT2D eigenvalue weighted by Crippen LogP contribution is 2.27. The molecule has 0 saturated heterocycles. The second kappa shape index (κ2) is 4.39. The molecule has 0 aliphatic heterocycles. The molecule has 1 aromatic carbocycles. The zero-order valence-corrected chi connectivity index (χ0v) is 10.7. The van der Waals surface area contributed by atoms with Crippen LogP contribution in [0.2, 0.25) is 0 Å². The van der Waals surface area contributed by atoms with Crippen LogP contribution >= 0.6 is 0 Å². The van der Waals surface area contributed by atoms with E-state index in [1.807, 2.05) is 19.1 Å². The van der Waals surface area contributed by atoms with E-state index in [1.54, 1.807) is 25.4 Å². The number of hydrogen-bond donors (Lipinski definition) is 1. The number of hydrogen-bond acceptors (Lipinski definition) is 2. The third-order valence-corrected chi connectivity index (χ3v) is 3.17. The summed E-state index contributed by atoms with van der Waals surface area (Å²) in [7, 11) is 1.61. The number of rotatable bonds is 2. The second-order valence-corrected chi connectivity index (χ2v) is 4.42. The van der Waals surface area contributed by atoms with Gasteiger partial charge in [-0.25, -0.2) is 4.39 Å². The first-order valence-electron chi connectivity index (χ1n) is 5.97. The van der Waals surface area contributed by atoms with Crippen LogP contribution in [0.4, 0.5) is 4.39 Å². The molecule has 0 atom stereocenters. The monoisotopic (exact) mass is 256 g/mol. The van der Waals surface area contributed by atoms with Gasteiger partial charge in [-0.3, -0.25) is 4.98 Å². The number of aryl methyl sites for hydroxylation is 1. The predicted molar refractivity (Wildman–Crippen MR) is 72.8 cm³/mol. The van der Waals surface area contributed by atoms with Crippen molar-refractivity contribution < 1.29 is 9.13 Å². The lowest BCUT2D eigenvalue weighted by Crippen LogP contribution is -1.91. The van der Waals surface area contributed by atoms with Gasteiger partial charge in [0.25, 0.3) is 0 Å². The van der Waals surface area contributed by atoms with E-state index >= 15 is 0 Å². The maximum Gasteiger partial charge on any atom is 0.140 e. The zero-order chi connectivity index (χ0) is 13.4. The van der Waals surface area contributed by atoms with Gasteiger partial charge in [0, 0.05) is 10.9 Å². The van der Waals surface area contributed by atoms with Crippen LogP contribution in [-0.2, 0) is 0 Å². The standard InChI is InChI=1S/C15H13FN2O/c1-9-6-13(17-8-15(9)19-2)14-7-10-11(16)4-3-5-12(10)18-14/h3-8,18H,1-2H3. The van der Waals surface area contributed by atoms with Gasteiger partial charge in [-0.05, 0) is 36.8 Å². The van der Waals surface area contributed by atoms with E-state index in [1.165, 1.54) is 6.07 Å². The molecule has 0 aliphatic rings. The molecule has 0 fully saturated rings. The normalized spacial score (nSPS) is 10.9. The van der Waals surface area contributed by atoms with E-state index in [0.29, 0.717) is 5.39 Å². The Bertz CT molecular complexity index is 749. The number of ether oxygens (including phenoxy) is 1. The molecule has 2 heterocycles. The van der Waals surface area contributed by atoms with Gasteiger partial charge in [0.15, 0.2) is 0 Å². The number of methoxy groups -OCH3 is 1. The van der Waals surface area contributed by atoms with Crippen LogP contribution in [0.3, 0.4) is 0 Å². The molecular formula is C15H13FN2O. The molecule has 3 aromatic rings. The predicted octanol–water partition coefficient (Wildman–Crippen LogP) is 3.69. The summed E-state index contributed by atoms with van der Waals surface area (Å²) in [6.45, 7) is 1.95. The number of aromatic nitrogens is 2. The summed E-state index contributed by atoms with van der Waals surface area (Å²) in [6, 6.07) is 8.68. The fourth-order valence-electron chi connectivity index (χ4n) is 2.16. The molecule has 2 aromatic heterocycles. The number of aromatic amines is 1. The number of H-pyrrole nitrogens is 1. The van der Waals surface area contributed by atoms with Crippen molar-refractivity contribution in [1.29, 1.82) is 0 Å². The molecule has 0 amide bonds. The molecule has 3 rings (SSSR count). The fourth-order valence-corrected chi connectivity index (χ4v) is 2.16. The Morgan fingerprint density at radius 1 is 1.26 bits per heavy atom. The van der Waals surface area contributed by atoms with Crippen molar-refractivity contribution in [2.24, 2.45) is 0 Å². The summed E-state index contributed by atoms with van der Waals surface area (Å²) < 4.78 is 18.8. The number of nitrogens with one attached hydrogen (secondary N) is 1. The fraction of sp³-hybridized carbons (Fsp3) is 0.133. The molecule has 0 saturated carbocycles. The molecule has 19 heavy (non-hydrogen) atoms. The number of benzene rings is 1. The lowest BCUT2D eigenvalue weighted by Gasteiger charge is -2.05. The third-order valence-electron chi connectivity index (χ3n) is 3.17. The Balaban J connectivity index is 2.14. The number of nitrogens with zero attached hydrogens (tertiary/aromatic N) is 1. The van der Waals surface area contributed by atoms with Crippen molar-refractivity contribution in [2.45, 2.75) is 6.92 Å². The Morgan fingerprint density at radius 2 is 2.11 bits per heavy atom. The van der Waals surface area contributed by atoms with Crippen molar-refractivity contribution in [1.82, 2.24) is 9.97 Å². The number of pyridine rings is 1. The van der Waals surface area contributed by atoms with Crippen molar-refractivity contribution in [2.75, 3.05) is 7.11 Å². The van der Waals surface area contributed by atoms with Crippen LogP contribution < -0.4 is 4.74 Å². The average molecular weight is 256 g/mol. The Morgan fingerprint density at radius 3 is 2.79 bits per heavy atom. The highest BCUT2D eigenvalue weighted by molar-refractivity contribution is 5.85. The number of fused-ring (bicyclic) bond motifs is 1. The topological polar surface area (TPSA) is 37.9 Å². The quantitative estimate of drug-likeness (QED) is 0.759. The van der Waals surface area contributed by atoms with Gasteiger partial charge >= 0.3 is 0 Å². The summed E-state index contributed by atoms with van der Waals surface area (Å²) in [5, 5.41) is 0.577. The summed E-state index contributed by atoms with van der Waals surface area (Å²) in [5.41, 5.74) is 3.33. The third kappa shape index (κ3) is 1.95. The smallest absolute Gasteiger partial charge is 0.140 e. The second-order valence-electron chi connectivity index (χ2n) is 4.42. The molecule has 0 bridgehead atoms. The highest BCUT2D eigenvalue weighted by atomic mass is 19.1. The first-order chi connectivity index (χ1) is 9.19. The molecule has 0 aliphatic carbocycles. The molecule has 96 valence electrons. The van der Waals surface area contributed by atoms with Crippen LogP contribution in [0.1, 0.15) is 5.56 Å². The van der Waals surface area contributed by atoms with Crippen molar-refractivity contribution in [3.63, 3.8) is 0 Å². The molecule has 3 nitrogen and oxygen atoms in total. The van der Waals surface area contributed by atoms with Crippen molar-refractivity contribution in [3.05, 3.63) is 47.9 Å². The largest absolute Gasteiger partial charge is 0.495 e. The van der Waals surface area contributed by atoms with Crippen molar-refractivity contribution in [3.8, 4) is 17.1 Å². The highest BCUT2D eigenvalue weighted by Gasteiger charge is 2.09. The van der Waals surface area contributed by atoms with Crippen molar-refractivity contribution >= 4 is 10.9 Å². The summed E-state index contributed by atoms with van der Waals surface area (Å²) >= 11 is 0. The van der Waals surface area contributed by atoms with Crippen LogP contribution in [0.5, 0.6) is 5.75 Å². The minimum Gasteiger partial charge on any atom is -0.495 e. The Labute approximate surface area is 110 Å². The van der Waals surface area contributed by atoms with Crippen LogP contribution in [0.15, 0.2) is 36.5 Å². The van der Waals surface area contributed by atoms with E-state index in [-0.39, 0.29) is 5.82 Å². The van der Waals surface area contributed by atoms with Gasteiger partial charge in [-0.1, -0.05) is 6.07 Å². The molecule has 0 radical (unpaired) electrons. The lowest BCUT2D eigenvalue weighted by molar-refractivity contribution is 0.410. The summed E-state index contributed by atoms with van der Waals surface area (Å²) in [4.78, 5) is 7.50. The van der Waals surface area contributed by atoms with Crippen LogP contribution in [-0.4, -0.2) is 17.1 Å². The van der Waals surface area contributed by atoms with E-state index in [2.05, 4.69) is 9.97 Å². The maximum atomic E-state index is 13.7. The molecular weight excluding hydrogens is 243 g/mol. The Kier molecular flexibility index (Phi) is 2.71. The van der Waals surface area contributed by atoms with E-state index in [9.17, 15) is 4.39 Å². The molecule has 0 spiro atoms. The van der Waals surface area contributed by atoms with Crippen LogP contribution in [0, 0.1) is 12.7 Å². The van der Waals surface area contributed by atoms with E-state index in [4.69, 9.17) is 4.74 Å². The molecule has 4 heteroatoms. The molecule has 1 N–H and O–H groups in total. The van der Waals surface area contributed by atoms with Gasteiger partial charge in [0.05, 0.1) is 24.7 Å². The first kappa shape index (κ1) is 11.7. The van der Waals surface area contributed by atoms with Gasteiger partial charge < -0.3 is 9.72 Å². The van der Waals surface area contributed by atoms with Gasteiger partial charge in [-0.2, -0.15) is 0 Å².